The molecule has 21 heavy (non-hydrogen) atoms. The van der Waals surface area contributed by atoms with Crippen LogP contribution in [0.3, 0.4) is 0 Å². The summed E-state index contributed by atoms with van der Waals surface area (Å²) in [5, 5.41) is 3.29. The summed E-state index contributed by atoms with van der Waals surface area (Å²) in [7, 11) is 1.63. The lowest BCUT2D eigenvalue weighted by Crippen LogP contribution is -2.25. The normalized spacial score (nSPS) is 12.2. The lowest BCUT2D eigenvalue weighted by atomic mass is 10.0. The second kappa shape index (κ2) is 7.52. The van der Waals surface area contributed by atoms with Crippen LogP contribution in [0.25, 0.3) is 0 Å². The SMILES string of the molecule is CCNC(Cc1cc(OC)ccc1Br)c1ncccc1F. The van der Waals surface area contributed by atoms with Crippen LogP contribution in [0, 0.1) is 5.82 Å². The van der Waals surface area contributed by atoms with Crippen molar-refractivity contribution in [3.63, 3.8) is 0 Å². The number of pyridine rings is 1. The summed E-state index contributed by atoms with van der Waals surface area (Å²) in [6.45, 7) is 2.73. The number of benzene rings is 1. The van der Waals surface area contributed by atoms with Crippen LogP contribution >= 0.6 is 15.9 Å². The quantitative estimate of drug-likeness (QED) is 0.856. The zero-order chi connectivity index (χ0) is 15.2. The van der Waals surface area contributed by atoms with Crippen molar-refractivity contribution < 1.29 is 9.13 Å². The molecule has 0 fully saturated rings. The highest BCUT2D eigenvalue weighted by atomic mass is 79.9. The van der Waals surface area contributed by atoms with Crippen LogP contribution < -0.4 is 10.1 Å². The van der Waals surface area contributed by atoms with Crippen molar-refractivity contribution in [3.05, 3.63) is 58.1 Å². The standard InChI is InChI=1S/C16H18BrFN2O/c1-3-19-15(16-14(18)5-4-8-20-16)10-11-9-12(21-2)6-7-13(11)17/h4-9,15,19H,3,10H2,1-2H3. The Morgan fingerprint density at radius 2 is 2.19 bits per heavy atom. The van der Waals surface area contributed by atoms with Gasteiger partial charge in [-0.2, -0.15) is 0 Å². The zero-order valence-electron chi connectivity index (χ0n) is 12.1. The van der Waals surface area contributed by atoms with Crippen LogP contribution in [0.1, 0.15) is 24.2 Å². The molecule has 5 heteroatoms. The predicted octanol–water partition coefficient (Wildman–Crippen LogP) is 3.89. The summed E-state index contributed by atoms with van der Waals surface area (Å²) in [5.74, 6) is 0.493. The minimum atomic E-state index is -0.289. The van der Waals surface area contributed by atoms with Gasteiger partial charge in [-0.05, 0) is 48.9 Å². The van der Waals surface area contributed by atoms with E-state index in [9.17, 15) is 4.39 Å². The van der Waals surface area contributed by atoms with Gasteiger partial charge in [0.25, 0.3) is 0 Å². The number of rotatable bonds is 6. The van der Waals surface area contributed by atoms with Gasteiger partial charge in [0, 0.05) is 10.7 Å². The molecule has 0 saturated carbocycles. The maximum atomic E-state index is 14.0. The third-order valence-corrected chi connectivity index (χ3v) is 4.02. The van der Waals surface area contributed by atoms with E-state index in [1.807, 2.05) is 25.1 Å². The van der Waals surface area contributed by atoms with Gasteiger partial charge in [-0.15, -0.1) is 0 Å². The van der Waals surface area contributed by atoms with Crippen LogP contribution in [-0.4, -0.2) is 18.6 Å². The number of likely N-dealkylation sites (N-methyl/N-ethyl adjacent to an activating group) is 1. The van der Waals surface area contributed by atoms with Crippen molar-refractivity contribution in [1.82, 2.24) is 10.3 Å². The van der Waals surface area contributed by atoms with Gasteiger partial charge >= 0.3 is 0 Å². The number of aromatic nitrogens is 1. The molecule has 2 rings (SSSR count). The third-order valence-electron chi connectivity index (χ3n) is 3.24. The summed E-state index contributed by atoms with van der Waals surface area (Å²) < 4.78 is 20.2. The molecule has 1 atom stereocenters. The van der Waals surface area contributed by atoms with E-state index < -0.39 is 0 Å². The summed E-state index contributed by atoms with van der Waals surface area (Å²) in [6.07, 6.45) is 2.24. The van der Waals surface area contributed by atoms with Gasteiger partial charge in [-0.3, -0.25) is 4.98 Å². The smallest absolute Gasteiger partial charge is 0.146 e. The molecule has 112 valence electrons. The molecule has 0 aliphatic carbocycles. The molecule has 0 aliphatic rings. The minimum Gasteiger partial charge on any atom is -0.497 e. The monoisotopic (exact) mass is 352 g/mol. The molecule has 1 aromatic carbocycles. The number of nitrogens with one attached hydrogen (secondary N) is 1. The van der Waals surface area contributed by atoms with Crippen LogP contribution in [0.5, 0.6) is 5.75 Å². The molecule has 2 aromatic rings. The van der Waals surface area contributed by atoms with Gasteiger partial charge in [-0.25, -0.2) is 4.39 Å². The first kappa shape index (κ1) is 15.9. The summed E-state index contributed by atoms with van der Waals surface area (Å²) >= 11 is 3.53. The Labute approximate surface area is 132 Å². The molecule has 1 aromatic heterocycles. The highest BCUT2D eigenvalue weighted by molar-refractivity contribution is 9.10. The third kappa shape index (κ3) is 4.02. The molecule has 0 amide bonds. The number of nitrogens with zero attached hydrogens (tertiary/aromatic N) is 1. The van der Waals surface area contributed by atoms with E-state index in [1.54, 1.807) is 19.4 Å². The van der Waals surface area contributed by atoms with E-state index in [-0.39, 0.29) is 11.9 Å². The molecule has 0 aliphatic heterocycles. The Morgan fingerprint density at radius 1 is 1.38 bits per heavy atom. The van der Waals surface area contributed by atoms with E-state index in [2.05, 4.69) is 26.2 Å². The van der Waals surface area contributed by atoms with Gasteiger partial charge in [0.15, 0.2) is 0 Å². The van der Waals surface area contributed by atoms with Gasteiger partial charge in [0.05, 0.1) is 18.8 Å². The number of halogens is 2. The second-order valence-electron chi connectivity index (χ2n) is 4.64. The van der Waals surface area contributed by atoms with Gasteiger partial charge in [-0.1, -0.05) is 22.9 Å². The molecule has 0 bridgehead atoms. The molecule has 1 heterocycles. The van der Waals surface area contributed by atoms with E-state index in [1.165, 1.54) is 6.07 Å². The van der Waals surface area contributed by atoms with E-state index in [0.29, 0.717) is 12.1 Å². The maximum absolute atomic E-state index is 14.0. The van der Waals surface area contributed by atoms with Crippen molar-refractivity contribution in [2.75, 3.05) is 13.7 Å². The first-order chi connectivity index (χ1) is 10.2. The fourth-order valence-corrected chi connectivity index (χ4v) is 2.63. The predicted molar refractivity (Wildman–Crippen MR) is 85.0 cm³/mol. The Hall–Kier alpha value is -1.46. The zero-order valence-corrected chi connectivity index (χ0v) is 13.7. The van der Waals surface area contributed by atoms with Gasteiger partial charge in [0.2, 0.25) is 0 Å². The number of hydrogen-bond acceptors (Lipinski definition) is 3. The molecular formula is C16H18BrFN2O. The summed E-state index contributed by atoms with van der Waals surface area (Å²) in [5.41, 5.74) is 1.49. The van der Waals surface area contributed by atoms with Crippen molar-refractivity contribution in [2.45, 2.75) is 19.4 Å². The average molecular weight is 353 g/mol. The first-order valence-electron chi connectivity index (χ1n) is 6.82. The van der Waals surface area contributed by atoms with Crippen LogP contribution in [-0.2, 0) is 6.42 Å². The lowest BCUT2D eigenvalue weighted by Gasteiger charge is -2.19. The highest BCUT2D eigenvalue weighted by Gasteiger charge is 2.18. The fraction of sp³-hybridized carbons (Fsp3) is 0.312. The summed E-state index contributed by atoms with van der Waals surface area (Å²) in [4.78, 5) is 4.18. The Morgan fingerprint density at radius 3 is 2.86 bits per heavy atom. The number of hydrogen-bond donors (Lipinski definition) is 1. The van der Waals surface area contributed by atoms with E-state index >= 15 is 0 Å². The van der Waals surface area contributed by atoms with Crippen molar-refractivity contribution in [1.29, 1.82) is 0 Å². The molecular weight excluding hydrogens is 335 g/mol. The molecule has 0 radical (unpaired) electrons. The lowest BCUT2D eigenvalue weighted by molar-refractivity contribution is 0.413. The van der Waals surface area contributed by atoms with Crippen LogP contribution in [0.2, 0.25) is 0 Å². The van der Waals surface area contributed by atoms with E-state index in [4.69, 9.17) is 4.74 Å². The van der Waals surface area contributed by atoms with E-state index in [0.717, 1.165) is 22.3 Å². The molecule has 0 saturated heterocycles. The number of ether oxygens (including phenoxy) is 1. The topological polar surface area (TPSA) is 34.1 Å². The van der Waals surface area contributed by atoms with Crippen molar-refractivity contribution >= 4 is 15.9 Å². The Kier molecular flexibility index (Phi) is 5.70. The second-order valence-corrected chi connectivity index (χ2v) is 5.50. The Balaban J connectivity index is 2.30. The largest absolute Gasteiger partial charge is 0.497 e. The van der Waals surface area contributed by atoms with Gasteiger partial charge < -0.3 is 10.1 Å². The van der Waals surface area contributed by atoms with Gasteiger partial charge in [0.1, 0.15) is 11.6 Å². The minimum absolute atomic E-state index is 0.181. The van der Waals surface area contributed by atoms with Crippen LogP contribution in [0.15, 0.2) is 41.0 Å². The molecule has 1 N–H and O–H groups in total. The summed E-state index contributed by atoms with van der Waals surface area (Å²) in [6, 6.07) is 8.63. The first-order valence-corrected chi connectivity index (χ1v) is 7.61. The number of methoxy groups -OCH3 is 1. The van der Waals surface area contributed by atoms with Crippen LogP contribution in [0.4, 0.5) is 4.39 Å². The van der Waals surface area contributed by atoms with Crippen molar-refractivity contribution in [3.8, 4) is 5.75 Å². The fourth-order valence-electron chi connectivity index (χ4n) is 2.22. The molecule has 3 nitrogen and oxygen atoms in total. The Bertz CT molecular complexity index is 607. The molecule has 1 unspecified atom stereocenters. The average Bonchev–Trinajstić information content (AvgIpc) is 2.49. The van der Waals surface area contributed by atoms with Crippen molar-refractivity contribution in [2.24, 2.45) is 0 Å². The highest BCUT2D eigenvalue weighted by Crippen LogP contribution is 2.27. The molecule has 0 spiro atoms. The maximum Gasteiger partial charge on any atom is 0.146 e.